The normalized spacial score (nSPS) is 13.7. The zero-order valence-electron chi connectivity index (χ0n) is 33.9. The van der Waals surface area contributed by atoms with Gasteiger partial charge in [-0.25, -0.2) is 0 Å². The molecule has 0 saturated heterocycles. The van der Waals surface area contributed by atoms with Crippen LogP contribution in [0.3, 0.4) is 0 Å². The van der Waals surface area contributed by atoms with E-state index < -0.39 is 40.0 Å². The number of aliphatic hydroxyl groups is 2. The Morgan fingerprint density at radius 1 is 0.451 bits per heavy atom. The highest BCUT2D eigenvalue weighted by atomic mass is 32.2. The molecule has 0 rings (SSSR count). The van der Waals surface area contributed by atoms with Crippen molar-refractivity contribution < 1.29 is 28.0 Å². The van der Waals surface area contributed by atoms with Gasteiger partial charge in [0.2, 0.25) is 5.91 Å². The summed E-state index contributed by atoms with van der Waals surface area (Å²) in [6.07, 6.45) is 41.2. The maximum atomic E-state index is 12.6. The Morgan fingerprint density at radius 3 is 0.980 bits per heavy atom. The summed E-state index contributed by atoms with van der Waals surface area (Å²) in [6, 6.07) is -1.14. The van der Waals surface area contributed by atoms with Crippen LogP contribution in [0.5, 0.6) is 0 Å². The van der Waals surface area contributed by atoms with E-state index in [1.807, 2.05) is 0 Å². The van der Waals surface area contributed by atoms with Gasteiger partial charge in [-0.05, 0) is 12.8 Å². The molecule has 51 heavy (non-hydrogen) atoms. The fourth-order valence-electron chi connectivity index (χ4n) is 7.23. The molecule has 0 spiro atoms. The Kier molecular flexibility index (Phi) is 37.1. The molecule has 0 aliphatic rings. The van der Waals surface area contributed by atoms with Gasteiger partial charge in [0.05, 0.1) is 17.9 Å². The van der Waals surface area contributed by atoms with Crippen molar-refractivity contribution in [1.29, 1.82) is 0 Å². The standard InChI is InChI=1S/C43H87NO6S/c1-3-5-7-9-11-13-15-17-19-20-21-22-23-24-26-27-29-31-33-35-37-41(45)40(39-51(48,49)50)44-43(47)42(46)38-36-34-32-30-28-25-18-16-14-12-10-8-6-4-2/h40-42,45-46H,3-39H2,1-2H3,(H,44,47)(H,48,49,50). The third kappa shape index (κ3) is 37.4. The molecule has 306 valence electrons. The molecular weight excluding hydrogens is 659 g/mol. The molecule has 3 unspecified atom stereocenters. The maximum Gasteiger partial charge on any atom is 0.266 e. The second kappa shape index (κ2) is 37.6. The van der Waals surface area contributed by atoms with Crippen LogP contribution in [0, 0.1) is 0 Å². The number of nitrogens with one attached hydrogen (secondary N) is 1. The second-order valence-electron chi connectivity index (χ2n) is 15.8. The van der Waals surface area contributed by atoms with Crippen molar-refractivity contribution in [1.82, 2.24) is 5.32 Å². The number of carbonyl (C=O) groups is 1. The molecule has 0 bridgehead atoms. The highest BCUT2D eigenvalue weighted by Crippen LogP contribution is 2.17. The third-order valence-corrected chi connectivity index (χ3v) is 11.4. The molecule has 0 aromatic carbocycles. The van der Waals surface area contributed by atoms with E-state index >= 15 is 0 Å². The van der Waals surface area contributed by atoms with E-state index in [-0.39, 0.29) is 0 Å². The van der Waals surface area contributed by atoms with E-state index in [2.05, 4.69) is 19.2 Å². The van der Waals surface area contributed by atoms with Gasteiger partial charge < -0.3 is 15.5 Å². The number of hydrogen-bond acceptors (Lipinski definition) is 5. The summed E-state index contributed by atoms with van der Waals surface area (Å²) in [5, 5.41) is 23.6. The van der Waals surface area contributed by atoms with Gasteiger partial charge in [0, 0.05) is 0 Å². The first-order chi connectivity index (χ1) is 24.7. The van der Waals surface area contributed by atoms with Crippen molar-refractivity contribution in [3.05, 3.63) is 0 Å². The molecule has 0 saturated carbocycles. The summed E-state index contributed by atoms with van der Waals surface area (Å²) in [7, 11) is -4.40. The topological polar surface area (TPSA) is 124 Å². The van der Waals surface area contributed by atoms with Gasteiger partial charge in [0.1, 0.15) is 6.10 Å². The summed E-state index contributed by atoms with van der Waals surface area (Å²) in [5.74, 6) is -1.44. The zero-order valence-corrected chi connectivity index (χ0v) is 34.7. The SMILES string of the molecule is CCCCCCCCCCCCCCCCCCCCCCC(O)C(CS(=O)(=O)O)NC(=O)C(O)CCCCCCCCCCCCCCCC. The van der Waals surface area contributed by atoms with Crippen molar-refractivity contribution >= 4 is 16.0 Å². The lowest BCUT2D eigenvalue weighted by atomic mass is 10.0. The van der Waals surface area contributed by atoms with E-state index in [0.29, 0.717) is 12.8 Å². The van der Waals surface area contributed by atoms with E-state index in [1.165, 1.54) is 173 Å². The third-order valence-electron chi connectivity index (χ3n) is 10.7. The first-order valence-corrected chi connectivity index (χ1v) is 23.9. The molecule has 0 aliphatic heterocycles. The molecular formula is C43H87NO6S. The fraction of sp³-hybridized carbons (Fsp3) is 0.977. The molecule has 0 heterocycles. The summed E-state index contributed by atoms with van der Waals surface area (Å²) in [6.45, 7) is 4.53. The van der Waals surface area contributed by atoms with Gasteiger partial charge in [0.15, 0.2) is 0 Å². The number of aliphatic hydroxyl groups excluding tert-OH is 2. The molecule has 0 aromatic heterocycles. The molecule has 8 heteroatoms. The first-order valence-electron chi connectivity index (χ1n) is 22.3. The highest BCUT2D eigenvalue weighted by Gasteiger charge is 2.28. The lowest BCUT2D eigenvalue weighted by Gasteiger charge is -2.24. The Labute approximate surface area is 317 Å². The smallest absolute Gasteiger partial charge is 0.266 e. The van der Waals surface area contributed by atoms with E-state index in [1.54, 1.807) is 0 Å². The van der Waals surface area contributed by atoms with Crippen LogP contribution in [-0.2, 0) is 14.9 Å². The Balaban J connectivity index is 3.88. The Morgan fingerprint density at radius 2 is 0.706 bits per heavy atom. The van der Waals surface area contributed by atoms with Gasteiger partial charge in [-0.1, -0.05) is 232 Å². The van der Waals surface area contributed by atoms with Gasteiger partial charge in [-0.3, -0.25) is 9.35 Å². The molecule has 0 fully saturated rings. The van der Waals surface area contributed by atoms with Crippen LogP contribution in [0.25, 0.3) is 0 Å². The van der Waals surface area contributed by atoms with E-state index in [4.69, 9.17) is 0 Å². The van der Waals surface area contributed by atoms with Crippen molar-refractivity contribution in [2.75, 3.05) is 5.75 Å². The van der Waals surface area contributed by atoms with Crippen molar-refractivity contribution in [2.45, 2.75) is 263 Å². The molecule has 7 nitrogen and oxygen atoms in total. The second-order valence-corrected chi connectivity index (χ2v) is 17.3. The minimum atomic E-state index is -4.40. The first kappa shape index (κ1) is 50.3. The summed E-state index contributed by atoms with van der Waals surface area (Å²) < 4.78 is 32.6. The average Bonchev–Trinajstić information content (AvgIpc) is 3.09. The van der Waals surface area contributed by atoms with Gasteiger partial charge in [-0.2, -0.15) is 8.42 Å². The van der Waals surface area contributed by atoms with Crippen LogP contribution in [0.4, 0.5) is 0 Å². The maximum absolute atomic E-state index is 12.6. The quantitative estimate of drug-likeness (QED) is 0.0365. The lowest BCUT2D eigenvalue weighted by molar-refractivity contribution is -0.131. The van der Waals surface area contributed by atoms with Crippen LogP contribution in [0.15, 0.2) is 0 Å². The van der Waals surface area contributed by atoms with Crippen LogP contribution in [-0.4, -0.2) is 53.1 Å². The Hall–Kier alpha value is -0.700. The van der Waals surface area contributed by atoms with Crippen LogP contribution >= 0.6 is 0 Å². The lowest BCUT2D eigenvalue weighted by Crippen LogP contribution is -2.50. The number of unbranched alkanes of at least 4 members (excludes halogenated alkanes) is 32. The zero-order chi connectivity index (χ0) is 37.7. The minimum absolute atomic E-state index is 0.303. The Bertz CT molecular complexity index is 838. The predicted molar refractivity (Wildman–Crippen MR) is 218 cm³/mol. The van der Waals surface area contributed by atoms with Crippen molar-refractivity contribution in [3.63, 3.8) is 0 Å². The number of hydrogen-bond donors (Lipinski definition) is 4. The summed E-state index contributed by atoms with van der Waals surface area (Å²) >= 11 is 0. The van der Waals surface area contributed by atoms with Crippen LogP contribution in [0.1, 0.15) is 245 Å². The summed E-state index contributed by atoms with van der Waals surface area (Å²) in [4.78, 5) is 12.6. The van der Waals surface area contributed by atoms with E-state index in [9.17, 15) is 28.0 Å². The monoisotopic (exact) mass is 746 g/mol. The van der Waals surface area contributed by atoms with Crippen LogP contribution < -0.4 is 5.32 Å². The number of carbonyl (C=O) groups excluding carboxylic acids is 1. The molecule has 0 aliphatic carbocycles. The average molecular weight is 746 g/mol. The molecule has 4 N–H and O–H groups in total. The van der Waals surface area contributed by atoms with E-state index in [0.717, 1.165) is 44.9 Å². The molecule has 0 aromatic rings. The molecule has 3 atom stereocenters. The fourth-order valence-corrected chi connectivity index (χ4v) is 7.99. The molecule has 0 radical (unpaired) electrons. The highest BCUT2D eigenvalue weighted by molar-refractivity contribution is 7.85. The van der Waals surface area contributed by atoms with Crippen LogP contribution in [0.2, 0.25) is 0 Å². The predicted octanol–water partition coefficient (Wildman–Crippen LogP) is 12.2. The summed E-state index contributed by atoms with van der Waals surface area (Å²) in [5.41, 5.74) is 0. The minimum Gasteiger partial charge on any atom is -0.391 e. The number of amides is 1. The van der Waals surface area contributed by atoms with Gasteiger partial charge >= 0.3 is 0 Å². The largest absolute Gasteiger partial charge is 0.391 e. The molecule has 1 amide bonds. The van der Waals surface area contributed by atoms with Gasteiger partial charge in [0.25, 0.3) is 10.1 Å². The number of rotatable bonds is 41. The van der Waals surface area contributed by atoms with Gasteiger partial charge in [-0.15, -0.1) is 0 Å². The van der Waals surface area contributed by atoms with Crippen molar-refractivity contribution in [2.24, 2.45) is 0 Å². The van der Waals surface area contributed by atoms with Crippen molar-refractivity contribution in [3.8, 4) is 0 Å².